The molecular weight excluding hydrogens is 250 g/mol. The third kappa shape index (κ3) is 2.34. The molecule has 1 aliphatic rings. The number of carbonyl (C=O) groups excluding carboxylic acids is 3. The maximum atomic E-state index is 12.0. The van der Waals surface area contributed by atoms with Crippen LogP contribution in [0.5, 0.6) is 0 Å². The highest BCUT2D eigenvalue weighted by Gasteiger charge is 2.35. The van der Waals surface area contributed by atoms with Crippen molar-refractivity contribution in [2.45, 2.75) is 6.42 Å². The van der Waals surface area contributed by atoms with Gasteiger partial charge in [0.15, 0.2) is 0 Å². The van der Waals surface area contributed by atoms with Crippen LogP contribution >= 0.6 is 0 Å². The summed E-state index contributed by atoms with van der Waals surface area (Å²) in [6.45, 7) is 0.693. The summed E-state index contributed by atoms with van der Waals surface area (Å²) in [6.07, 6.45) is 0.537. The highest BCUT2D eigenvalue weighted by atomic mass is 16.5. The highest BCUT2D eigenvalue weighted by molar-refractivity contribution is 6.21. The largest absolute Gasteiger partial charge is 0.545 e. The number of nitrogens with zero attached hydrogens (tertiary/aromatic N) is 1. The molecule has 0 aromatic heterocycles. The molecule has 0 unspecified atom stereocenters. The molecule has 0 N–H and O–H groups in total. The molecule has 0 aliphatic carbocycles. The van der Waals surface area contributed by atoms with E-state index >= 15 is 0 Å². The van der Waals surface area contributed by atoms with E-state index in [0.29, 0.717) is 13.0 Å². The van der Waals surface area contributed by atoms with Crippen molar-refractivity contribution in [3.8, 4) is 0 Å². The molecule has 0 atom stereocenters. The molecule has 1 aromatic carbocycles. The number of aromatic carboxylic acids is 1. The number of ether oxygens (including phenoxy) is 1. The van der Waals surface area contributed by atoms with Gasteiger partial charge in [-0.25, -0.2) is 0 Å². The summed E-state index contributed by atoms with van der Waals surface area (Å²) in [5.41, 5.74) is 0.232. The Hall–Kier alpha value is -2.21. The second-order valence-corrected chi connectivity index (χ2v) is 4.16. The van der Waals surface area contributed by atoms with E-state index in [1.807, 2.05) is 0 Å². The predicted molar refractivity (Wildman–Crippen MR) is 62.6 cm³/mol. The van der Waals surface area contributed by atoms with Crippen molar-refractivity contribution in [3.63, 3.8) is 0 Å². The maximum Gasteiger partial charge on any atom is 0.261 e. The fourth-order valence-electron chi connectivity index (χ4n) is 1.99. The van der Waals surface area contributed by atoms with Gasteiger partial charge >= 0.3 is 0 Å². The van der Waals surface area contributed by atoms with Crippen LogP contribution in [0, 0.1) is 0 Å². The fourth-order valence-corrected chi connectivity index (χ4v) is 1.99. The van der Waals surface area contributed by atoms with Gasteiger partial charge in [-0.2, -0.15) is 0 Å². The van der Waals surface area contributed by atoms with Gasteiger partial charge in [0.1, 0.15) is 0 Å². The molecule has 2 rings (SSSR count). The molecular formula is C13H12NO5-. The molecule has 19 heavy (non-hydrogen) atoms. The van der Waals surface area contributed by atoms with E-state index in [0.717, 1.165) is 4.90 Å². The molecule has 6 heteroatoms. The van der Waals surface area contributed by atoms with Gasteiger partial charge in [0, 0.05) is 20.3 Å². The molecule has 0 bridgehead atoms. The van der Waals surface area contributed by atoms with Crippen LogP contribution < -0.4 is 5.11 Å². The average molecular weight is 262 g/mol. The number of amides is 2. The third-order valence-corrected chi connectivity index (χ3v) is 2.94. The molecule has 1 aromatic rings. The van der Waals surface area contributed by atoms with Crippen LogP contribution in [0.25, 0.3) is 0 Å². The molecule has 6 nitrogen and oxygen atoms in total. The standard InChI is InChI=1S/C13H13NO5/c1-19-6-2-5-14-11(15)9-4-3-8(13(17)18)7-10(9)12(14)16/h3-4,7H,2,5-6H2,1H3,(H,17,18)/p-1. The minimum Gasteiger partial charge on any atom is -0.545 e. The molecule has 0 fully saturated rings. The van der Waals surface area contributed by atoms with E-state index in [9.17, 15) is 19.5 Å². The van der Waals surface area contributed by atoms with Gasteiger partial charge in [-0.1, -0.05) is 6.07 Å². The monoisotopic (exact) mass is 262 g/mol. The molecule has 0 saturated carbocycles. The summed E-state index contributed by atoms with van der Waals surface area (Å²) in [6, 6.07) is 3.79. The quantitative estimate of drug-likeness (QED) is 0.536. The molecule has 1 heterocycles. The lowest BCUT2D eigenvalue weighted by atomic mass is 10.1. The lowest BCUT2D eigenvalue weighted by Crippen LogP contribution is -2.31. The van der Waals surface area contributed by atoms with E-state index in [4.69, 9.17) is 4.74 Å². The van der Waals surface area contributed by atoms with E-state index in [1.54, 1.807) is 0 Å². The SMILES string of the molecule is COCCCN1C(=O)c2ccc(C(=O)[O-])cc2C1=O. The molecule has 2 amide bonds. The lowest BCUT2D eigenvalue weighted by molar-refractivity contribution is -0.255. The van der Waals surface area contributed by atoms with Crippen molar-refractivity contribution in [2.75, 3.05) is 20.3 Å². The number of carbonyl (C=O) groups is 3. The van der Waals surface area contributed by atoms with Gasteiger partial charge in [-0.3, -0.25) is 14.5 Å². The number of carboxylic acids is 1. The van der Waals surface area contributed by atoms with Crippen molar-refractivity contribution in [1.82, 2.24) is 4.90 Å². The van der Waals surface area contributed by atoms with E-state index < -0.39 is 17.8 Å². The molecule has 0 radical (unpaired) electrons. The number of hydrogen-bond acceptors (Lipinski definition) is 5. The number of imide groups is 1. The second-order valence-electron chi connectivity index (χ2n) is 4.16. The zero-order valence-corrected chi connectivity index (χ0v) is 10.3. The Morgan fingerprint density at radius 2 is 1.95 bits per heavy atom. The molecule has 1 aliphatic heterocycles. The predicted octanol–water partition coefficient (Wildman–Crippen LogP) is -0.317. The smallest absolute Gasteiger partial charge is 0.261 e. The van der Waals surface area contributed by atoms with Gasteiger partial charge in [0.25, 0.3) is 11.8 Å². The van der Waals surface area contributed by atoms with Crippen molar-refractivity contribution in [2.24, 2.45) is 0 Å². The van der Waals surface area contributed by atoms with Crippen molar-refractivity contribution >= 4 is 17.8 Å². The number of benzene rings is 1. The van der Waals surface area contributed by atoms with Gasteiger partial charge in [-0.15, -0.1) is 0 Å². The number of rotatable bonds is 5. The zero-order chi connectivity index (χ0) is 14.0. The highest BCUT2D eigenvalue weighted by Crippen LogP contribution is 2.24. The van der Waals surface area contributed by atoms with Crippen LogP contribution in [-0.4, -0.2) is 42.9 Å². The van der Waals surface area contributed by atoms with Crippen LogP contribution in [0.2, 0.25) is 0 Å². The van der Waals surface area contributed by atoms with Crippen LogP contribution in [0.1, 0.15) is 37.5 Å². The lowest BCUT2D eigenvalue weighted by Gasteiger charge is -2.12. The summed E-state index contributed by atoms with van der Waals surface area (Å²) in [4.78, 5) is 35.9. The number of hydrogen-bond donors (Lipinski definition) is 0. The molecule has 0 saturated heterocycles. The van der Waals surface area contributed by atoms with Gasteiger partial charge in [0.05, 0.1) is 17.1 Å². The first-order valence-electron chi connectivity index (χ1n) is 5.76. The Morgan fingerprint density at radius 1 is 1.26 bits per heavy atom. The average Bonchev–Trinajstić information content (AvgIpc) is 2.63. The van der Waals surface area contributed by atoms with E-state index in [-0.39, 0.29) is 23.2 Å². The summed E-state index contributed by atoms with van der Waals surface area (Å²) < 4.78 is 4.86. The van der Waals surface area contributed by atoms with Crippen molar-refractivity contribution in [1.29, 1.82) is 0 Å². The Bertz CT molecular complexity index is 552. The topological polar surface area (TPSA) is 86.7 Å². The Morgan fingerprint density at radius 3 is 2.58 bits per heavy atom. The van der Waals surface area contributed by atoms with Gasteiger partial charge in [-0.05, 0) is 24.1 Å². The summed E-state index contributed by atoms with van der Waals surface area (Å²) in [5, 5.41) is 10.7. The Balaban J connectivity index is 2.26. The van der Waals surface area contributed by atoms with Crippen LogP contribution in [0.3, 0.4) is 0 Å². The summed E-state index contributed by atoms with van der Waals surface area (Å²) in [5.74, 6) is -2.25. The summed E-state index contributed by atoms with van der Waals surface area (Å²) in [7, 11) is 1.54. The summed E-state index contributed by atoms with van der Waals surface area (Å²) >= 11 is 0. The third-order valence-electron chi connectivity index (χ3n) is 2.94. The molecule has 100 valence electrons. The van der Waals surface area contributed by atoms with Crippen molar-refractivity contribution < 1.29 is 24.2 Å². The normalized spacial score (nSPS) is 13.8. The van der Waals surface area contributed by atoms with E-state index in [2.05, 4.69) is 0 Å². The first kappa shape index (κ1) is 13.2. The van der Waals surface area contributed by atoms with Crippen molar-refractivity contribution in [3.05, 3.63) is 34.9 Å². The number of fused-ring (bicyclic) bond motifs is 1. The number of carboxylic acid groups (broad SMARTS) is 1. The van der Waals surface area contributed by atoms with Crippen LogP contribution in [0.4, 0.5) is 0 Å². The van der Waals surface area contributed by atoms with E-state index in [1.165, 1.54) is 25.3 Å². The first-order valence-corrected chi connectivity index (χ1v) is 5.76. The fraction of sp³-hybridized carbons (Fsp3) is 0.308. The van der Waals surface area contributed by atoms with Gasteiger partial charge < -0.3 is 14.6 Å². The minimum atomic E-state index is -1.37. The first-order chi connectivity index (χ1) is 9.06. The van der Waals surface area contributed by atoms with Crippen LogP contribution in [0.15, 0.2) is 18.2 Å². The minimum absolute atomic E-state index is 0.112. The Kier molecular flexibility index (Phi) is 3.62. The maximum absolute atomic E-state index is 12.0. The molecule has 0 spiro atoms. The van der Waals surface area contributed by atoms with Gasteiger partial charge in [0.2, 0.25) is 0 Å². The Labute approximate surface area is 109 Å². The zero-order valence-electron chi connectivity index (χ0n) is 10.3. The number of methoxy groups -OCH3 is 1. The van der Waals surface area contributed by atoms with Crippen LogP contribution in [-0.2, 0) is 4.74 Å². The second kappa shape index (κ2) is 5.19.